The van der Waals surface area contributed by atoms with E-state index in [4.69, 9.17) is 5.10 Å². The van der Waals surface area contributed by atoms with Crippen LogP contribution < -0.4 is 0 Å². The maximum absolute atomic E-state index is 13.4. The number of hydrogen-bond acceptors (Lipinski definition) is 6. The average molecular weight is 405 g/mol. The summed E-state index contributed by atoms with van der Waals surface area (Å²) in [5, 5.41) is 14.7. The third-order valence-corrected chi connectivity index (χ3v) is 6.82. The number of amides is 1. The Morgan fingerprint density at radius 3 is 3.03 bits per heavy atom. The van der Waals surface area contributed by atoms with E-state index < -0.39 is 0 Å². The van der Waals surface area contributed by atoms with E-state index in [1.165, 1.54) is 11.3 Å². The molecule has 1 atom stereocenters. The smallest absolute Gasteiger partial charge is 0.285 e. The zero-order chi connectivity index (χ0) is 19.5. The zero-order valence-electron chi connectivity index (χ0n) is 15.9. The largest absolute Gasteiger partial charge is 0.348 e. The lowest BCUT2D eigenvalue weighted by molar-refractivity contribution is 0.0685. The van der Waals surface area contributed by atoms with Crippen LogP contribution in [0.1, 0.15) is 62.3 Å². The molecule has 1 fully saturated rings. The highest BCUT2D eigenvalue weighted by Gasteiger charge is 2.38. The van der Waals surface area contributed by atoms with Crippen LogP contribution in [0.2, 0.25) is 0 Å². The number of carbonyl (C=O) groups is 1. The minimum Gasteiger partial charge on any atom is -0.348 e. The molecule has 0 radical (unpaired) electrons. The van der Waals surface area contributed by atoms with Gasteiger partial charge in [-0.15, -0.1) is 10.2 Å². The van der Waals surface area contributed by atoms with E-state index in [0.29, 0.717) is 17.5 Å². The first-order valence-electron chi connectivity index (χ1n) is 9.80. The Labute approximate surface area is 170 Å². The van der Waals surface area contributed by atoms with Gasteiger partial charge in [0.05, 0.1) is 23.2 Å². The van der Waals surface area contributed by atoms with Crippen molar-refractivity contribution in [2.45, 2.75) is 38.1 Å². The quantitative estimate of drug-likeness (QED) is 0.566. The van der Waals surface area contributed by atoms with Crippen molar-refractivity contribution in [2.24, 2.45) is 0 Å². The SMILES string of the molecule is Cc1cccn2nc([C@H]3c4nc[nH]c4CCN3C(=O)c3nnc(C4CC4)s3)cc12. The molecule has 2 aliphatic rings. The topological polar surface area (TPSA) is 92.1 Å². The fraction of sp³-hybridized carbons (Fsp3) is 0.350. The van der Waals surface area contributed by atoms with E-state index in [9.17, 15) is 4.79 Å². The standard InChI is InChI=1S/C20H19N7OS/c1-11-3-2-7-27-15(11)9-14(25-27)17-16-13(21-10-22-16)6-8-26(17)20(28)19-24-23-18(29-19)12-4-5-12/h2-3,7,9-10,12,17H,4-6,8H2,1H3,(H,21,22)/t17-/m0/s1. The normalized spacial score (nSPS) is 18.9. The van der Waals surface area contributed by atoms with E-state index >= 15 is 0 Å². The highest BCUT2D eigenvalue weighted by Crippen LogP contribution is 2.42. The van der Waals surface area contributed by atoms with Gasteiger partial charge in [-0.2, -0.15) is 5.10 Å². The van der Waals surface area contributed by atoms with Crippen LogP contribution in [-0.4, -0.2) is 47.1 Å². The summed E-state index contributed by atoms with van der Waals surface area (Å²) in [6, 6.07) is 5.75. The highest BCUT2D eigenvalue weighted by atomic mass is 32.1. The molecule has 4 aromatic rings. The van der Waals surface area contributed by atoms with Crippen LogP contribution in [0, 0.1) is 6.92 Å². The van der Waals surface area contributed by atoms with Crippen LogP contribution in [0.5, 0.6) is 0 Å². The van der Waals surface area contributed by atoms with E-state index in [-0.39, 0.29) is 11.9 Å². The van der Waals surface area contributed by atoms with Crippen molar-refractivity contribution in [3.63, 3.8) is 0 Å². The lowest BCUT2D eigenvalue weighted by Gasteiger charge is -2.33. The van der Waals surface area contributed by atoms with Gasteiger partial charge in [-0.25, -0.2) is 9.50 Å². The van der Waals surface area contributed by atoms with Crippen LogP contribution in [0.4, 0.5) is 0 Å². The fourth-order valence-electron chi connectivity index (χ4n) is 4.04. The zero-order valence-corrected chi connectivity index (χ0v) is 16.7. The number of aromatic nitrogens is 6. The van der Waals surface area contributed by atoms with Gasteiger partial charge in [-0.3, -0.25) is 4.79 Å². The lowest BCUT2D eigenvalue weighted by Crippen LogP contribution is -2.41. The summed E-state index contributed by atoms with van der Waals surface area (Å²) in [6.07, 6.45) is 6.65. The molecule has 1 aliphatic heterocycles. The Morgan fingerprint density at radius 2 is 2.21 bits per heavy atom. The highest BCUT2D eigenvalue weighted by molar-refractivity contribution is 7.13. The number of imidazole rings is 1. The van der Waals surface area contributed by atoms with Gasteiger partial charge < -0.3 is 9.88 Å². The molecular weight excluding hydrogens is 386 g/mol. The second-order valence-electron chi connectivity index (χ2n) is 7.73. The van der Waals surface area contributed by atoms with E-state index in [0.717, 1.165) is 52.4 Å². The summed E-state index contributed by atoms with van der Waals surface area (Å²) in [5.41, 5.74) is 4.90. The number of fused-ring (bicyclic) bond motifs is 2. The van der Waals surface area contributed by atoms with Gasteiger partial charge in [0.15, 0.2) is 0 Å². The molecule has 146 valence electrons. The molecule has 0 spiro atoms. The van der Waals surface area contributed by atoms with Crippen molar-refractivity contribution < 1.29 is 4.79 Å². The molecule has 4 aromatic heterocycles. The van der Waals surface area contributed by atoms with Crippen molar-refractivity contribution in [3.8, 4) is 0 Å². The summed E-state index contributed by atoms with van der Waals surface area (Å²) >= 11 is 1.43. The molecule has 0 aromatic carbocycles. The number of carbonyl (C=O) groups excluding carboxylic acids is 1. The Kier molecular flexibility index (Phi) is 3.61. The number of aryl methyl sites for hydroxylation is 1. The molecule has 0 saturated heterocycles. The number of pyridine rings is 1. The molecule has 1 N–H and O–H groups in total. The van der Waals surface area contributed by atoms with Gasteiger partial charge in [0.25, 0.3) is 5.91 Å². The van der Waals surface area contributed by atoms with Crippen LogP contribution in [0.15, 0.2) is 30.7 Å². The average Bonchev–Trinajstić information content (AvgIpc) is 3.13. The Bertz CT molecular complexity index is 1230. The van der Waals surface area contributed by atoms with Crippen molar-refractivity contribution >= 4 is 22.8 Å². The van der Waals surface area contributed by atoms with Crippen LogP contribution in [-0.2, 0) is 6.42 Å². The maximum atomic E-state index is 13.4. The molecule has 1 amide bonds. The monoisotopic (exact) mass is 405 g/mol. The first-order chi connectivity index (χ1) is 14.2. The predicted octanol–water partition coefficient (Wildman–Crippen LogP) is 2.88. The van der Waals surface area contributed by atoms with Crippen LogP contribution in [0.25, 0.3) is 5.52 Å². The van der Waals surface area contributed by atoms with Gasteiger partial charge in [-0.1, -0.05) is 17.4 Å². The molecule has 8 nitrogen and oxygen atoms in total. The molecule has 1 aliphatic carbocycles. The molecule has 1 saturated carbocycles. The van der Waals surface area contributed by atoms with Gasteiger partial charge in [0.1, 0.15) is 11.0 Å². The van der Waals surface area contributed by atoms with Crippen LogP contribution in [0.3, 0.4) is 0 Å². The van der Waals surface area contributed by atoms with Gasteiger partial charge in [0.2, 0.25) is 5.01 Å². The third-order valence-electron chi connectivity index (χ3n) is 5.75. The number of aromatic amines is 1. The number of H-pyrrole nitrogens is 1. The summed E-state index contributed by atoms with van der Waals surface area (Å²) in [5.74, 6) is 0.396. The molecule has 0 bridgehead atoms. The maximum Gasteiger partial charge on any atom is 0.285 e. The van der Waals surface area contributed by atoms with Crippen molar-refractivity contribution in [1.82, 2.24) is 34.7 Å². The number of nitrogens with one attached hydrogen (secondary N) is 1. The van der Waals surface area contributed by atoms with Crippen molar-refractivity contribution in [1.29, 1.82) is 0 Å². The first kappa shape index (κ1) is 16.8. The number of hydrogen-bond donors (Lipinski definition) is 1. The third kappa shape index (κ3) is 2.68. The minimum absolute atomic E-state index is 0.0955. The lowest BCUT2D eigenvalue weighted by atomic mass is 9.99. The summed E-state index contributed by atoms with van der Waals surface area (Å²) in [4.78, 5) is 23.0. The summed E-state index contributed by atoms with van der Waals surface area (Å²) in [6.45, 7) is 2.65. The van der Waals surface area contributed by atoms with E-state index in [1.807, 2.05) is 21.7 Å². The molecule has 29 heavy (non-hydrogen) atoms. The second-order valence-corrected chi connectivity index (χ2v) is 8.74. The Morgan fingerprint density at radius 1 is 1.31 bits per heavy atom. The number of nitrogens with zero attached hydrogens (tertiary/aromatic N) is 6. The summed E-state index contributed by atoms with van der Waals surface area (Å²) in [7, 11) is 0. The molecule has 0 unspecified atom stereocenters. The van der Waals surface area contributed by atoms with E-state index in [2.05, 4.69) is 39.2 Å². The first-order valence-corrected chi connectivity index (χ1v) is 10.6. The molecular formula is C20H19N7OS. The molecule has 5 heterocycles. The van der Waals surface area contributed by atoms with Gasteiger partial charge >= 0.3 is 0 Å². The van der Waals surface area contributed by atoms with Crippen molar-refractivity contribution in [2.75, 3.05) is 6.54 Å². The summed E-state index contributed by atoms with van der Waals surface area (Å²) < 4.78 is 1.87. The number of rotatable bonds is 3. The Balaban J connectivity index is 1.44. The van der Waals surface area contributed by atoms with Gasteiger partial charge in [-0.05, 0) is 37.5 Å². The second kappa shape index (κ2) is 6.21. The molecule has 9 heteroatoms. The minimum atomic E-state index is -0.343. The van der Waals surface area contributed by atoms with Crippen molar-refractivity contribution in [3.05, 3.63) is 63.4 Å². The fourth-order valence-corrected chi connectivity index (χ4v) is 5.01. The van der Waals surface area contributed by atoms with E-state index in [1.54, 1.807) is 6.33 Å². The molecule has 6 rings (SSSR count). The Hall–Kier alpha value is -3.07. The predicted molar refractivity (Wildman–Crippen MR) is 107 cm³/mol. The van der Waals surface area contributed by atoms with Gasteiger partial charge in [0, 0.05) is 30.8 Å². The van der Waals surface area contributed by atoms with Crippen LogP contribution >= 0.6 is 11.3 Å².